The third-order valence-corrected chi connectivity index (χ3v) is 6.44. The Morgan fingerprint density at radius 2 is 1.87 bits per heavy atom. The molecule has 1 fully saturated rings. The molecule has 164 valence electrons. The van der Waals surface area contributed by atoms with Crippen molar-refractivity contribution in [3.8, 4) is 17.1 Å². The van der Waals surface area contributed by atoms with Crippen molar-refractivity contribution in [1.29, 1.82) is 0 Å². The highest BCUT2D eigenvalue weighted by molar-refractivity contribution is 7.89. The maximum Gasteiger partial charge on any atom is 0.346 e. The lowest BCUT2D eigenvalue weighted by Crippen LogP contribution is -2.32. The first-order chi connectivity index (χ1) is 14.9. The normalized spacial score (nSPS) is 14.0. The summed E-state index contributed by atoms with van der Waals surface area (Å²) < 4.78 is 49.5. The van der Waals surface area contributed by atoms with Gasteiger partial charge in [0.2, 0.25) is 10.0 Å². The van der Waals surface area contributed by atoms with E-state index in [9.17, 15) is 17.6 Å². The number of sulfonamides is 1. The van der Waals surface area contributed by atoms with Gasteiger partial charge in [0.15, 0.2) is 5.82 Å². The van der Waals surface area contributed by atoms with Crippen molar-refractivity contribution in [2.75, 3.05) is 13.2 Å². The number of hydrogen-bond donors (Lipinski definition) is 1. The van der Waals surface area contributed by atoms with Gasteiger partial charge in [-0.05, 0) is 56.2 Å². The number of halogens is 1. The molecule has 0 aliphatic heterocycles. The monoisotopic (exact) mass is 446 g/mol. The van der Waals surface area contributed by atoms with E-state index in [2.05, 4.69) is 9.82 Å². The molecule has 1 heterocycles. The fourth-order valence-electron chi connectivity index (χ4n) is 3.33. The van der Waals surface area contributed by atoms with Crippen molar-refractivity contribution in [2.24, 2.45) is 0 Å². The van der Waals surface area contributed by atoms with Crippen LogP contribution in [0.1, 0.15) is 25.8 Å². The van der Waals surface area contributed by atoms with E-state index in [1.165, 1.54) is 22.9 Å². The Balaban J connectivity index is 1.54. The Kier molecular flexibility index (Phi) is 5.92. The summed E-state index contributed by atoms with van der Waals surface area (Å²) in [7, 11) is -3.83. The summed E-state index contributed by atoms with van der Waals surface area (Å²) in [5.74, 6) is 0.355. The minimum atomic E-state index is -3.83. The number of rotatable bonds is 9. The second-order valence-corrected chi connectivity index (χ2v) is 8.95. The Hall–Kier alpha value is -2.98. The molecule has 1 N–H and O–H groups in total. The van der Waals surface area contributed by atoms with E-state index in [1.807, 2.05) is 0 Å². The minimum Gasteiger partial charge on any atom is -0.492 e. The fraction of sp³-hybridized carbons (Fsp3) is 0.333. The molecule has 0 saturated heterocycles. The Bertz CT molecular complexity index is 1230. The van der Waals surface area contributed by atoms with Gasteiger partial charge < -0.3 is 4.74 Å². The van der Waals surface area contributed by atoms with E-state index in [1.54, 1.807) is 41.8 Å². The molecular formula is C21H23FN4O4S. The van der Waals surface area contributed by atoms with E-state index in [0.29, 0.717) is 18.0 Å². The summed E-state index contributed by atoms with van der Waals surface area (Å²) in [4.78, 5) is 12.9. The Morgan fingerprint density at radius 1 is 1.16 bits per heavy atom. The molecule has 0 bridgehead atoms. The maximum atomic E-state index is 13.3. The third-order valence-electron chi connectivity index (χ3n) is 4.94. The molecule has 1 aliphatic carbocycles. The zero-order valence-corrected chi connectivity index (χ0v) is 17.8. The molecule has 0 radical (unpaired) electrons. The number of para-hydroxylation sites is 1. The van der Waals surface area contributed by atoms with E-state index < -0.39 is 10.0 Å². The van der Waals surface area contributed by atoms with Crippen LogP contribution < -0.4 is 15.1 Å². The number of ether oxygens (including phenoxy) is 1. The van der Waals surface area contributed by atoms with Crippen LogP contribution in [0.3, 0.4) is 0 Å². The second kappa shape index (κ2) is 8.64. The van der Waals surface area contributed by atoms with E-state index in [4.69, 9.17) is 4.74 Å². The molecule has 31 heavy (non-hydrogen) atoms. The SMILES string of the molecule is CCOc1ccccc1S(=O)(=O)NCCn1nc(-c2ccc(F)cc2)n(C2CC2)c1=O. The Labute approximate surface area is 179 Å². The highest BCUT2D eigenvalue weighted by Crippen LogP contribution is 2.36. The van der Waals surface area contributed by atoms with Crippen LogP contribution in [0.2, 0.25) is 0 Å². The number of hydrogen-bond acceptors (Lipinski definition) is 5. The minimum absolute atomic E-state index is 0.0206. The zero-order chi connectivity index (χ0) is 22.0. The molecule has 0 spiro atoms. The van der Waals surface area contributed by atoms with Gasteiger partial charge in [0.05, 0.1) is 13.2 Å². The maximum absolute atomic E-state index is 13.3. The highest BCUT2D eigenvalue weighted by atomic mass is 32.2. The quantitative estimate of drug-likeness (QED) is 0.545. The van der Waals surface area contributed by atoms with Gasteiger partial charge in [-0.3, -0.25) is 4.57 Å². The smallest absolute Gasteiger partial charge is 0.346 e. The van der Waals surface area contributed by atoms with E-state index in [-0.39, 0.29) is 41.3 Å². The summed E-state index contributed by atoms with van der Waals surface area (Å²) in [5.41, 5.74) is 0.325. The lowest BCUT2D eigenvalue weighted by molar-refractivity contribution is 0.331. The van der Waals surface area contributed by atoms with Gasteiger partial charge in [-0.1, -0.05) is 12.1 Å². The van der Waals surface area contributed by atoms with Gasteiger partial charge in [-0.25, -0.2) is 27.0 Å². The molecule has 8 nitrogen and oxygen atoms in total. The molecule has 1 saturated carbocycles. The second-order valence-electron chi connectivity index (χ2n) is 7.21. The van der Waals surface area contributed by atoms with Gasteiger partial charge in [-0.15, -0.1) is 5.10 Å². The first kappa shape index (κ1) is 21.3. The van der Waals surface area contributed by atoms with Gasteiger partial charge in [0.25, 0.3) is 0 Å². The van der Waals surface area contributed by atoms with Gasteiger partial charge in [-0.2, -0.15) is 0 Å². The fourth-order valence-corrected chi connectivity index (χ4v) is 4.50. The number of aromatic nitrogens is 3. The van der Waals surface area contributed by atoms with E-state index in [0.717, 1.165) is 12.8 Å². The predicted molar refractivity (Wildman–Crippen MR) is 113 cm³/mol. The van der Waals surface area contributed by atoms with E-state index >= 15 is 0 Å². The molecule has 4 rings (SSSR count). The van der Waals surface area contributed by atoms with Crippen molar-refractivity contribution in [3.05, 3.63) is 64.8 Å². The van der Waals surface area contributed by atoms with Crippen molar-refractivity contribution >= 4 is 10.0 Å². The Morgan fingerprint density at radius 3 is 2.55 bits per heavy atom. The summed E-state index contributed by atoms with van der Waals surface area (Å²) in [6.45, 7) is 2.15. The number of nitrogens with zero attached hydrogens (tertiary/aromatic N) is 3. The van der Waals surface area contributed by atoms with Gasteiger partial charge >= 0.3 is 5.69 Å². The first-order valence-corrected chi connectivity index (χ1v) is 11.6. The summed E-state index contributed by atoms with van der Waals surface area (Å²) in [6, 6.07) is 12.2. The third kappa shape index (κ3) is 4.54. The molecule has 1 aliphatic rings. The van der Waals surface area contributed by atoms with Crippen molar-refractivity contribution in [2.45, 2.75) is 37.2 Å². The molecule has 2 aromatic carbocycles. The lowest BCUT2D eigenvalue weighted by Gasteiger charge is -2.11. The summed E-state index contributed by atoms with van der Waals surface area (Å²) >= 11 is 0. The van der Waals surface area contributed by atoms with Crippen molar-refractivity contribution < 1.29 is 17.5 Å². The topological polar surface area (TPSA) is 95.2 Å². The van der Waals surface area contributed by atoms with Crippen LogP contribution in [0.25, 0.3) is 11.4 Å². The molecular weight excluding hydrogens is 423 g/mol. The van der Waals surface area contributed by atoms with Crippen LogP contribution in [0.5, 0.6) is 5.75 Å². The van der Waals surface area contributed by atoms with Gasteiger partial charge in [0.1, 0.15) is 16.5 Å². The lowest BCUT2D eigenvalue weighted by atomic mass is 10.2. The van der Waals surface area contributed by atoms with Crippen molar-refractivity contribution in [1.82, 2.24) is 19.1 Å². The average molecular weight is 447 g/mol. The molecule has 1 aromatic heterocycles. The van der Waals surface area contributed by atoms with Crippen LogP contribution in [0.4, 0.5) is 4.39 Å². The van der Waals surface area contributed by atoms with Crippen LogP contribution in [0.15, 0.2) is 58.2 Å². The van der Waals surface area contributed by atoms with Crippen LogP contribution in [-0.2, 0) is 16.6 Å². The predicted octanol–water partition coefficient (Wildman–Crippen LogP) is 2.56. The molecule has 0 unspecified atom stereocenters. The van der Waals surface area contributed by atoms with Crippen LogP contribution in [0, 0.1) is 5.82 Å². The molecule has 0 atom stereocenters. The first-order valence-electron chi connectivity index (χ1n) is 10.1. The molecule has 3 aromatic rings. The zero-order valence-electron chi connectivity index (χ0n) is 17.0. The molecule has 10 heteroatoms. The average Bonchev–Trinajstić information content (AvgIpc) is 3.53. The number of benzene rings is 2. The standard InChI is InChI=1S/C21H23FN4O4S/c1-2-30-18-5-3-4-6-19(18)31(28,29)23-13-14-25-21(27)26(17-11-12-17)20(24-25)15-7-9-16(22)10-8-15/h3-10,17,23H,2,11-14H2,1H3. The van der Waals surface area contributed by atoms with Crippen molar-refractivity contribution in [3.63, 3.8) is 0 Å². The summed E-state index contributed by atoms with van der Waals surface area (Å²) in [6.07, 6.45) is 1.75. The summed E-state index contributed by atoms with van der Waals surface area (Å²) in [5, 5.41) is 4.40. The highest BCUT2D eigenvalue weighted by Gasteiger charge is 2.30. The van der Waals surface area contributed by atoms with Crippen LogP contribution >= 0.6 is 0 Å². The molecule has 0 amide bonds. The largest absolute Gasteiger partial charge is 0.492 e. The number of nitrogens with one attached hydrogen (secondary N) is 1. The van der Waals surface area contributed by atoms with Crippen LogP contribution in [-0.4, -0.2) is 35.9 Å². The van der Waals surface area contributed by atoms with Gasteiger partial charge in [0, 0.05) is 18.2 Å².